The monoisotopic (exact) mass is 464 g/mol. The van der Waals surface area contributed by atoms with Gasteiger partial charge in [0.05, 0.1) is 17.1 Å². The van der Waals surface area contributed by atoms with Crippen molar-refractivity contribution < 1.29 is 19.0 Å². The molecule has 3 aliphatic rings. The Balaban J connectivity index is 0.000000821. The molecule has 0 saturated carbocycles. The van der Waals surface area contributed by atoms with E-state index in [9.17, 15) is 4.79 Å². The summed E-state index contributed by atoms with van der Waals surface area (Å²) in [4.78, 5) is 27.2. The highest BCUT2D eigenvalue weighted by Gasteiger charge is 2.44. The molecule has 3 aromatic rings. The lowest BCUT2D eigenvalue weighted by atomic mass is 9.72. The van der Waals surface area contributed by atoms with E-state index in [0.29, 0.717) is 5.56 Å². The van der Waals surface area contributed by atoms with Crippen molar-refractivity contribution in [3.05, 3.63) is 78.0 Å². The second-order valence-corrected chi connectivity index (χ2v) is 8.87. The number of benzene rings is 2. The van der Waals surface area contributed by atoms with Crippen molar-refractivity contribution in [1.82, 2.24) is 9.88 Å². The quantitative estimate of drug-likeness (QED) is 0.400. The summed E-state index contributed by atoms with van der Waals surface area (Å²) in [6.45, 7) is 4.49. The molecule has 0 aliphatic carbocycles. The Morgan fingerprint density at radius 2 is 1.91 bits per heavy atom. The maximum Gasteiger partial charge on any atom is 0.338 e. The standard InChI is InChI=1S/C26H28N2O2.HO2P/c1-2-18-17-28-15-13-20(18)16-24(28)25(30-26(29)19-8-4-3-5-9-19)22-12-14-27-23-11-7-6-10-21(22)23;1-3-2/h3-12,14,18,20,24-25H,2,13,15-17H2,1H3;(H,1,2)/t18?,20?,24?,25-;/m1./s1. The average Bonchev–Trinajstić information content (AvgIpc) is 2.88. The van der Waals surface area contributed by atoms with Gasteiger partial charge in [-0.15, -0.1) is 0 Å². The third-order valence-electron chi connectivity index (χ3n) is 7.04. The van der Waals surface area contributed by atoms with Gasteiger partial charge in [0.25, 0.3) is 0 Å². The van der Waals surface area contributed by atoms with Crippen LogP contribution in [-0.4, -0.2) is 39.9 Å². The van der Waals surface area contributed by atoms with Gasteiger partial charge in [0.1, 0.15) is 6.10 Å². The number of rotatable bonds is 5. The zero-order valence-corrected chi connectivity index (χ0v) is 19.6. The number of aromatic nitrogens is 1. The van der Waals surface area contributed by atoms with Crippen molar-refractivity contribution in [1.29, 1.82) is 0 Å². The molecule has 1 N–H and O–H groups in total. The highest BCUT2D eigenvalue weighted by molar-refractivity contribution is 7.16. The predicted octanol–water partition coefficient (Wildman–Crippen LogP) is 5.44. The first-order chi connectivity index (χ1) is 16.2. The number of esters is 1. The summed E-state index contributed by atoms with van der Waals surface area (Å²) in [5.74, 6) is 1.22. The number of carbonyl (C=O) groups excluding carboxylic acids is 1. The molecule has 2 aromatic carbocycles. The number of nitrogens with zero attached hydrogens (tertiary/aromatic N) is 2. The molecule has 5 atom stereocenters. The molecule has 4 unspecified atom stereocenters. The van der Waals surface area contributed by atoms with Crippen molar-refractivity contribution in [3.63, 3.8) is 0 Å². The van der Waals surface area contributed by atoms with E-state index in [-0.39, 0.29) is 18.1 Å². The molecule has 0 spiro atoms. The van der Waals surface area contributed by atoms with Crippen LogP contribution < -0.4 is 0 Å². The molecule has 7 heteroatoms. The maximum absolute atomic E-state index is 13.1. The van der Waals surface area contributed by atoms with Crippen LogP contribution in [0, 0.1) is 11.8 Å². The van der Waals surface area contributed by atoms with Gasteiger partial charge in [-0.1, -0.05) is 49.7 Å². The number of hydrogen-bond donors (Lipinski definition) is 1. The Kier molecular flexibility index (Phi) is 7.81. The van der Waals surface area contributed by atoms with Crippen molar-refractivity contribution in [3.8, 4) is 0 Å². The zero-order valence-electron chi connectivity index (χ0n) is 18.7. The number of piperidine rings is 3. The van der Waals surface area contributed by atoms with Gasteiger partial charge in [-0.25, -0.2) is 9.36 Å². The van der Waals surface area contributed by atoms with Crippen LogP contribution in [0.15, 0.2) is 66.9 Å². The molecule has 33 heavy (non-hydrogen) atoms. The van der Waals surface area contributed by atoms with Gasteiger partial charge < -0.3 is 9.63 Å². The summed E-state index contributed by atoms with van der Waals surface area (Å²) in [5.41, 5.74) is 2.61. The van der Waals surface area contributed by atoms with Gasteiger partial charge in [0.2, 0.25) is 0 Å². The molecule has 3 saturated heterocycles. The van der Waals surface area contributed by atoms with Crippen LogP contribution in [0.5, 0.6) is 0 Å². The summed E-state index contributed by atoms with van der Waals surface area (Å²) >= 11 is 0. The van der Waals surface area contributed by atoms with E-state index in [1.165, 1.54) is 12.8 Å². The maximum atomic E-state index is 13.1. The topological polar surface area (TPSA) is 79.7 Å². The van der Waals surface area contributed by atoms with Gasteiger partial charge in [-0.05, 0) is 55.5 Å². The Morgan fingerprint density at radius 3 is 2.61 bits per heavy atom. The summed E-state index contributed by atoms with van der Waals surface area (Å²) in [6, 6.07) is 19.7. The third-order valence-corrected chi connectivity index (χ3v) is 7.04. The SMILES string of the molecule is CCC1CN2CCC1CC2[C@H](OC(=O)c1ccccc1)c1ccnc2ccccc12.O=PO. The lowest BCUT2D eigenvalue weighted by molar-refractivity contribution is -0.0659. The van der Waals surface area contributed by atoms with E-state index in [4.69, 9.17) is 14.2 Å². The van der Waals surface area contributed by atoms with Crippen LogP contribution in [0.2, 0.25) is 0 Å². The second kappa shape index (κ2) is 11.0. The highest BCUT2D eigenvalue weighted by atomic mass is 31.1. The smallest absolute Gasteiger partial charge is 0.338 e. The molecular formula is C26H29N2O4P. The molecule has 0 amide bonds. The van der Waals surface area contributed by atoms with E-state index in [2.05, 4.69) is 22.9 Å². The molecule has 172 valence electrons. The third kappa shape index (κ3) is 5.14. The molecule has 2 bridgehead atoms. The summed E-state index contributed by atoms with van der Waals surface area (Å²) in [6.07, 6.45) is 5.10. The van der Waals surface area contributed by atoms with Crippen LogP contribution >= 0.6 is 8.69 Å². The fourth-order valence-corrected chi connectivity index (χ4v) is 5.43. The molecule has 6 rings (SSSR count). The van der Waals surface area contributed by atoms with Gasteiger partial charge >= 0.3 is 14.7 Å². The molecule has 6 nitrogen and oxygen atoms in total. The van der Waals surface area contributed by atoms with Crippen molar-refractivity contribution in [2.45, 2.75) is 38.3 Å². The number of carbonyl (C=O) groups is 1. The minimum absolute atomic E-state index is 0.213. The summed E-state index contributed by atoms with van der Waals surface area (Å²) < 4.78 is 14.7. The van der Waals surface area contributed by atoms with E-state index >= 15 is 0 Å². The Labute approximate surface area is 195 Å². The van der Waals surface area contributed by atoms with E-state index in [0.717, 1.165) is 47.8 Å². The van der Waals surface area contributed by atoms with Crippen LogP contribution in [0.1, 0.15) is 48.2 Å². The van der Waals surface area contributed by atoms with Crippen molar-refractivity contribution in [2.24, 2.45) is 11.8 Å². The van der Waals surface area contributed by atoms with Crippen molar-refractivity contribution >= 4 is 25.6 Å². The predicted molar refractivity (Wildman–Crippen MR) is 128 cm³/mol. The number of fused-ring (bicyclic) bond motifs is 4. The van der Waals surface area contributed by atoms with Crippen molar-refractivity contribution in [2.75, 3.05) is 13.1 Å². The summed E-state index contributed by atoms with van der Waals surface area (Å²) in [5, 5.41) is 1.07. The largest absolute Gasteiger partial charge is 0.452 e. The van der Waals surface area contributed by atoms with Crippen LogP contribution in [-0.2, 0) is 9.30 Å². The molecule has 4 heterocycles. The minimum atomic E-state index is -0.833. The van der Waals surface area contributed by atoms with Gasteiger partial charge in [0.15, 0.2) is 0 Å². The van der Waals surface area contributed by atoms with E-state index in [1.54, 1.807) is 0 Å². The lowest BCUT2D eigenvalue weighted by Crippen LogP contribution is -2.55. The average molecular weight is 465 g/mol. The van der Waals surface area contributed by atoms with Crippen LogP contribution in [0.25, 0.3) is 10.9 Å². The zero-order chi connectivity index (χ0) is 23.2. The van der Waals surface area contributed by atoms with E-state index < -0.39 is 8.69 Å². The Hall–Kier alpha value is -2.66. The van der Waals surface area contributed by atoms with Crippen LogP contribution in [0.4, 0.5) is 0 Å². The molecular weight excluding hydrogens is 435 g/mol. The molecule has 0 radical (unpaired) electrons. The Morgan fingerprint density at radius 1 is 1.18 bits per heavy atom. The molecule has 1 aromatic heterocycles. The number of para-hydroxylation sites is 1. The van der Waals surface area contributed by atoms with Gasteiger partial charge in [0, 0.05) is 23.7 Å². The van der Waals surface area contributed by atoms with Gasteiger partial charge in [-0.3, -0.25) is 9.88 Å². The summed E-state index contributed by atoms with van der Waals surface area (Å²) in [7, 11) is -0.833. The fraction of sp³-hybridized carbons (Fsp3) is 0.385. The first kappa shape index (κ1) is 23.5. The molecule has 3 fully saturated rings. The first-order valence-electron chi connectivity index (χ1n) is 11.5. The fourth-order valence-electron chi connectivity index (χ4n) is 5.43. The lowest BCUT2D eigenvalue weighted by Gasteiger charge is -2.51. The van der Waals surface area contributed by atoms with Crippen LogP contribution in [0.3, 0.4) is 0 Å². The highest BCUT2D eigenvalue weighted by Crippen LogP contribution is 2.44. The normalized spacial score (nSPS) is 24.7. The minimum Gasteiger partial charge on any atom is -0.452 e. The number of hydrogen-bond acceptors (Lipinski definition) is 5. The first-order valence-corrected chi connectivity index (χ1v) is 12.2. The Bertz CT molecular complexity index is 1090. The second-order valence-electron chi connectivity index (χ2n) is 8.71. The van der Waals surface area contributed by atoms with E-state index in [1.807, 2.05) is 60.8 Å². The number of pyridine rings is 1. The molecule has 3 aliphatic heterocycles. The van der Waals surface area contributed by atoms with Gasteiger partial charge in [-0.2, -0.15) is 0 Å². The number of ether oxygens (including phenoxy) is 1.